The molecule has 0 spiro atoms. The van der Waals surface area contributed by atoms with Crippen LogP contribution in [0.1, 0.15) is 95.3 Å². The van der Waals surface area contributed by atoms with Crippen LogP contribution in [0.3, 0.4) is 0 Å². The molecule has 4 aliphatic rings. The third kappa shape index (κ3) is 3.16. The number of hydrogen-bond donors (Lipinski definition) is 0. The molecule has 0 N–H and O–H groups in total. The molecule has 37 heavy (non-hydrogen) atoms. The van der Waals surface area contributed by atoms with E-state index >= 15 is 0 Å². The van der Waals surface area contributed by atoms with Crippen LogP contribution >= 0.6 is 0 Å². The van der Waals surface area contributed by atoms with Gasteiger partial charge in [0.15, 0.2) is 16.6 Å². The van der Waals surface area contributed by atoms with Crippen molar-refractivity contribution in [2.75, 3.05) is 0 Å². The number of hydrogen-bond acceptors (Lipinski definition) is 3. The van der Waals surface area contributed by atoms with E-state index in [9.17, 15) is 14.4 Å². The first-order chi connectivity index (χ1) is 17.0. The SMILES string of the molecule is CC(C)(C)C1=CC2C(=O)c3cc(C(C)(C)C)cc4c(=O)c5cc(C(C)(C)C)cc6c5-c(c2c(c6=O)=C1)c34. The van der Waals surface area contributed by atoms with Crippen molar-refractivity contribution < 1.29 is 4.79 Å². The lowest BCUT2D eigenvalue weighted by Gasteiger charge is -2.34. The first kappa shape index (κ1) is 24.0. The third-order valence-corrected chi connectivity index (χ3v) is 8.42. The topological polar surface area (TPSA) is 51.2 Å². The van der Waals surface area contributed by atoms with Gasteiger partial charge in [-0.25, -0.2) is 0 Å². The summed E-state index contributed by atoms with van der Waals surface area (Å²) in [6, 6.07) is 7.93. The Hall–Kier alpha value is -3.33. The molecule has 0 fully saturated rings. The summed E-state index contributed by atoms with van der Waals surface area (Å²) in [6.07, 6.45) is 4.05. The molecule has 0 radical (unpaired) electrons. The van der Waals surface area contributed by atoms with Crippen LogP contribution in [0, 0.1) is 5.41 Å². The Balaban J connectivity index is 1.97. The van der Waals surface area contributed by atoms with Gasteiger partial charge in [0.05, 0.1) is 5.92 Å². The largest absolute Gasteiger partial charge is 0.293 e. The van der Waals surface area contributed by atoms with E-state index in [1.165, 1.54) is 0 Å². The van der Waals surface area contributed by atoms with Crippen LogP contribution < -0.4 is 16.1 Å². The van der Waals surface area contributed by atoms with Gasteiger partial charge in [-0.3, -0.25) is 14.4 Å². The summed E-state index contributed by atoms with van der Waals surface area (Å²) in [7, 11) is 0. The van der Waals surface area contributed by atoms with Crippen molar-refractivity contribution in [3.63, 3.8) is 0 Å². The van der Waals surface area contributed by atoms with Gasteiger partial charge in [0.25, 0.3) is 0 Å². The number of carbonyl (C=O) groups excluding carboxylic acids is 1. The molecule has 0 aliphatic heterocycles. The molecule has 2 aromatic rings. The van der Waals surface area contributed by atoms with Gasteiger partial charge in [0.2, 0.25) is 0 Å². The predicted octanol–water partition coefficient (Wildman–Crippen LogP) is 6.62. The molecule has 0 bridgehead atoms. The Kier molecular flexibility index (Phi) is 4.51. The van der Waals surface area contributed by atoms with Crippen LogP contribution in [0.25, 0.3) is 38.7 Å². The number of benzene rings is 4. The lowest BCUT2D eigenvalue weighted by molar-refractivity contribution is 0.0975. The Morgan fingerprint density at radius 1 is 0.622 bits per heavy atom. The van der Waals surface area contributed by atoms with Gasteiger partial charge in [0, 0.05) is 37.9 Å². The van der Waals surface area contributed by atoms with Crippen LogP contribution in [0.15, 0.2) is 45.5 Å². The van der Waals surface area contributed by atoms with E-state index in [4.69, 9.17) is 0 Å². The standard InChI is InChI=1S/C34H34O3/c1-32(2,3)16-10-19-25-20(11-16)30(36)22-13-18(34(7,8)9)15-24-27(22)28(25)26-21(29(19)35)12-17(33(4,5)6)14-23(26)31(24)37/h10-15,19H,1-9H3. The first-order valence-electron chi connectivity index (χ1n) is 13.2. The van der Waals surface area contributed by atoms with Gasteiger partial charge < -0.3 is 0 Å². The van der Waals surface area contributed by atoms with Crippen LogP contribution in [0.2, 0.25) is 0 Å². The van der Waals surface area contributed by atoms with Crippen molar-refractivity contribution in [2.45, 2.75) is 79.1 Å². The third-order valence-electron chi connectivity index (χ3n) is 8.42. The monoisotopic (exact) mass is 490 g/mol. The van der Waals surface area contributed by atoms with E-state index in [0.717, 1.165) is 38.8 Å². The minimum atomic E-state index is -0.528. The van der Waals surface area contributed by atoms with Gasteiger partial charge in [-0.15, -0.1) is 0 Å². The molecule has 3 heteroatoms. The molecular formula is C34H34O3. The Morgan fingerprint density at radius 2 is 1.16 bits per heavy atom. The molecule has 4 aliphatic carbocycles. The van der Waals surface area contributed by atoms with Crippen LogP contribution in [-0.2, 0) is 10.8 Å². The molecule has 0 saturated heterocycles. The second kappa shape index (κ2) is 6.95. The lowest BCUT2D eigenvalue weighted by atomic mass is 9.67. The van der Waals surface area contributed by atoms with Crippen molar-refractivity contribution in [3.8, 4) is 11.1 Å². The average molecular weight is 491 g/mol. The van der Waals surface area contributed by atoms with E-state index in [1.807, 2.05) is 30.3 Å². The average Bonchev–Trinajstić information content (AvgIpc) is 2.79. The minimum absolute atomic E-state index is 0.0211. The summed E-state index contributed by atoms with van der Waals surface area (Å²) in [5, 5.41) is 3.08. The minimum Gasteiger partial charge on any atom is -0.293 e. The lowest BCUT2D eigenvalue weighted by Crippen LogP contribution is -2.39. The quantitative estimate of drug-likeness (QED) is 0.206. The second-order valence-corrected chi connectivity index (χ2v) is 14.1. The molecule has 0 amide bonds. The molecule has 1 unspecified atom stereocenters. The van der Waals surface area contributed by atoms with Gasteiger partial charge in [-0.1, -0.05) is 68.4 Å². The zero-order chi connectivity index (χ0) is 27.0. The van der Waals surface area contributed by atoms with Crippen molar-refractivity contribution in [3.05, 3.63) is 83.8 Å². The summed E-state index contributed by atoms with van der Waals surface area (Å²) < 4.78 is 0. The molecule has 2 aromatic carbocycles. The summed E-state index contributed by atoms with van der Waals surface area (Å²) >= 11 is 0. The molecule has 0 aromatic heterocycles. The second-order valence-electron chi connectivity index (χ2n) is 14.1. The molecule has 188 valence electrons. The van der Waals surface area contributed by atoms with E-state index in [1.54, 1.807) is 0 Å². The number of allylic oxidation sites excluding steroid dienone is 2. The number of ketones is 1. The smallest absolute Gasteiger partial charge is 0.194 e. The predicted molar refractivity (Wildman–Crippen MR) is 153 cm³/mol. The highest BCUT2D eigenvalue weighted by molar-refractivity contribution is 6.25. The number of carbonyl (C=O) groups is 1. The molecular weight excluding hydrogens is 456 g/mol. The van der Waals surface area contributed by atoms with Crippen molar-refractivity contribution in [1.29, 1.82) is 0 Å². The van der Waals surface area contributed by atoms with Crippen molar-refractivity contribution in [1.82, 2.24) is 0 Å². The number of rotatable bonds is 0. The van der Waals surface area contributed by atoms with Crippen LogP contribution in [-0.4, -0.2) is 5.78 Å². The zero-order valence-electron chi connectivity index (χ0n) is 23.3. The van der Waals surface area contributed by atoms with Gasteiger partial charge in [-0.2, -0.15) is 0 Å². The molecule has 1 atom stereocenters. The summed E-state index contributed by atoms with van der Waals surface area (Å²) in [5.74, 6) is -0.549. The van der Waals surface area contributed by atoms with E-state index < -0.39 is 5.92 Å². The highest BCUT2D eigenvalue weighted by atomic mass is 16.1. The maximum absolute atomic E-state index is 14.2. The molecule has 3 nitrogen and oxygen atoms in total. The fourth-order valence-corrected chi connectivity index (χ4v) is 6.14. The molecule has 6 rings (SSSR count). The summed E-state index contributed by atoms with van der Waals surface area (Å²) in [5.41, 5.74) is 5.10. The first-order valence-corrected chi connectivity index (χ1v) is 13.2. The van der Waals surface area contributed by atoms with Crippen LogP contribution in [0.5, 0.6) is 0 Å². The van der Waals surface area contributed by atoms with Crippen molar-refractivity contribution >= 4 is 33.4 Å². The van der Waals surface area contributed by atoms with E-state index in [0.29, 0.717) is 26.9 Å². The summed E-state index contributed by atoms with van der Waals surface area (Å²) in [6.45, 7) is 19.0. The highest BCUT2D eigenvalue weighted by Crippen LogP contribution is 2.49. The van der Waals surface area contributed by atoms with Gasteiger partial charge in [0.1, 0.15) is 0 Å². The van der Waals surface area contributed by atoms with Crippen molar-refractivity contribution in [2.24, 2.45) is 5.41 Å². The van der Waals surface area contributed by atoms with Crippen LogP contribution in [0.4, 0.5) is 0 Å². The molecule has 0 saturated carbocycles. The van der Waals surface area contributed by atoms with Gasteiger partial charge >= 0.3 is 0 Å². The molecule has 0 heterocycles. The van der Waals surface area contributed by atoms with E-state index in [2.05, 4.69) is 68.4 Å². The maximum Gasteiger partial charge on any atom is 0.194 e. The maximum atomic E-state index is 14.2. The van der Waals surface area contributed by atoms with E-state index in [-0.39, 0.29) is 32.9 Å². The summed E-state index contributed by atoms with van der Waals surface area (Å²) in [4.78, 5) is 42.5. The zero-order valence-corrected chi connectivity index (χ0v) is 23.3. The van der Waals surface area contributed by atoms with Gasteiger partial charge in [-0.05, 0) is 74.4 Å². The Morgan fingerprint density at radius 3 is 1.73 bits per heavy atom. The Bertz CT molecular complexity index is 1870. The fraction of sp³-hybridized carbons (Fsp3) is 0.382. The fourth-order valence-electron chi connectivity index (χ4n) is 6.14. The highest BCUT2D eigenvalue weighted by Gasteiger charge is 2.40. The number of Topliss-reactive ketones (excluding diaryl/α,β-unsaturated/α-hetero) is 1. The normalized spacial score (nSPS) is 17.7. The Labute approximate surface area is 217 Å².